The third-order valence-corrected chi connectivity index (χ3v) is 2.89. The van der Waals surface area contributed by atoms with Crippen LogP contribution in [-0.2, 0) is 9.53 Å². The van der Waals surface area contributed by atoms with E-state index in [1.54, 1.807) is 19.1 Å². The number of rotatable bonds is 5. The lowest BCUT2D eigenvalue weighted by molar-refractivity contribution is -0.139. The Morgan fingerprint density at radius 3 is 3.05 bits per heavy atom. The van der Waals surface area contributed by atoms with Gasteiger partial charge in [-0.05, 0) is 25.1 Å². The monoisotopic (exact) mass is 282 g/mol. The fourth-order valence-electron chi connectivity index (χ4n) is 1.33. The van der Waals surface area contributed by atoms with E-state index < -0.39 is 0 Å². The summed E-state index contributed by atoms with van der Waals surface area (Å²) in [5.74, 6) is -0.418. The van der Waals surface area contributed by atoms with Crippen molar-refractivity contribution in [2.45, 2.75) is 12.1 Å². The summed E-state index contributed by atoms with van der Waals surface area (Å²) < 4.78 is 23.1. The minimum Gasteiger partial charge on any atom is -0.465 e. The van der Waals surface area contributed by atoms with Gasteiger partial charge in [0.05, 0.1) is 6.61 Å². The number of aromatic nitrogens is 2. The van der Waals surface area contributed by atoms with Crippen LogP contribution >= 0.6 is 11.8 Å². The molecule has 1 heterocycles. The minimum atomic E-state index is -0.378. The number of carbonyl (C=O) groups is 1. The van der Waals surface area contributed by atoms with Gasteiger partial charge in [0.1, 0.15) is 11.6 Å². The predicted molar refractivity (Wildman–Crippen MR) is 67.0 cm³/mol. The molecule has 100 valence electrons. The summed E-state index contributed by atoms with van der Waals surface area (Å²) in [4.78, 5) is 11.2. The normalized spacial score (nSPS) is 10.4. The second-order valence-corrected chi connectivity index (χ2v) is 4.40. The van der Waals surface area contributed by atoms with E-state index in [-0.39, 0.29) is 28.7 Å². The molecule has 1 aromatic carbocycles. The van der Waals surface area contributed by atoms with Crippen molar-refractivity contribution in [3.8, 4) is 11.5 Å². The van der Waals surface area contributed by atoms with Crippen LogP contribution < -0.4 is 0 Å². The lowest BCUT2D eigenvalue weighted by Crippen LogP contribution is -2.06. The molecule has 0 fully saturated rings. The Balaban J connectivity index is 2.01. The van der Waals surface area contributed by atoms with Gasteiger partial charge in [0.2, 0.25) is 5.89 Å². The summed E-state index contributed by atoms with van der Waals surface area (Å²) in [6.45, 7) is 2.06. The second kappa shape index (κ2) is 6.33. The lowest BCUT2D eigenvalue weighted by atomic mass is 10.2. The number of ether oxygens (including phenoxy) is 1. The van der Waals surface area contributed by atoms with Gasteiger partial charge in [0.25, 0.3) is 5.22 Å². The highest BCUT2D eigenvalue weighted by Crippen LogP contribution is 2.23. The molecule has 0 bridgehead atoms. The maximum Gasteiger partial charge on any atom is 0.316 e. The van der Waals surface area contributed by atoms with E-state index in [0.29, 0.717) is 12.2 Å². The van der Waals surface area contributed by atoms with Gasteiger partial charge in [-0.15, -0.1) is 10.2 Å². The third-order valence-electron chi connectivity index (χ3n) is 2.10. The first-order valence-electron chi connectivity index (χ1n) is 5.57. The molecule has 0 unspecified atom stereocenters. The SMILES string of the molecule is CCOC(=O)CSc1nnc(-c2cccc(F)c2)o1. The minimum absolute atomic E-state index is 0.0959. The number of hydrogen-bond donors (Lipinski definition) is 0. The summed E-state index contributed by atoms with van der Waals surface area (Å²) in [5.41, 5.74) is 0.496. The second-order valence-electron chi connectivity index (χ2n) is 3.48. The first kappa shape index (κ1) is 13.5. The van der Waals surface area contributed by atoms with Crippen LogP contribution in [0.2, 0.25) is 0 Å². The van der Waals surface area contributed by atoms with Gasteiger partial charge < -0.3 is 9.15 Å². The maximum absolute atomic E-state index is 13.0. The highest BCUT2D eigenvalue weighted by molar-refractivity contribution is 7.99. The standard InChI is InChI=1S/C12H11FN2O3S/c1-2-17-10(16)7-19-12-15-14-11(18-12)8-4-3-5-9(13)6-8/h3-6H,2,7H2,1H3. The van der Waals surface area contributed by atoms with E-state index in [1.165, 1.54) is 12.1 Å². The average molecular weight is 282 g/mol. The Labute approximate surface area is 113 Å². The number of nitrogens with zero attached hydrogens (tertiary/aromatic N) is 2. The third kappa shape index (κ3) is 3.78. The summed E-state index contributed by atoms with van der Waals surface area (Å²) in [6.07, 6.45) is 0. The van der Waals surface area contributed by atoms with E-state index in [4.69, 9.17) is 9.15 Å². The van der Waals surface area contributed by atoms with Gasteiger partial charge in [-0.1, -0.05) is 17.8 Å². The van der Waals surface area contributed by atoms with Gasteiger partial charge in [0, 0.05) is 5.56 Å². The van der Waals surface area contributed by atoms with Crippen molar-refractivity contribution < 1.29 is 18.3 Å². The van der Waals surface area contributed by atoms with E-state index in [1.807, 2.05) is 0 Å². The highest BCUT2D eigenvalue weighted by Gasteiger charge is 2.11. The average Bonchev–Trinajstić information content (AvgIpc) is 2.85. The van der Waals surface area contributed by atoms with Crippen LogP contribution in [-0.4, -0.2) is 28.5 Å². The zero-order valence-corrected chi connectivity index (χ0v) is 10.9. The van der Waals surface area contributed by atoms with Crippen molar-refractivity contribution in [3.05, 3.63) is 30.1 Å². The summed E-state index contributed by atoms with van der Waals surface area (Å²) in [5, 5.41) is 7.81. The number of halogens is 1. The summed E-state index contributed by atoms with van der Waals surface area (Å²) in [6, 6.07) is 5.85. The van der Waals surface area contributed by atoms with E-state index in [2.05, 4.69) is 10.2 Å². The Morgan fingerprint density at radius 1 is 1.47 bits per heavy atom. The molecule has 0 atom stereocenters. The molecule has 5 nitrogen and oxygen atoms in total. The molecule has 0 aliphatic heterocycles. The Morgan fingerprint density at radius 2 is 2.32 bits per heavy atom. The van der Waals surface area contributed by atoms with E-state index in [0.717, 1.165) is 11.8 Å². The molecule has 0 radical (unpaired) electrons. The molecule has 0 spiro atoms. The van der Waals surface area contributed by atoms with Gasteiger partial charge in [-0.2, -0.15) is 0 Å². The zero-order chi connectivity index (χ0) is 13.7. The van der Waals surface area contributed by atoms with Crippen LogP contribution in [0.4, 0.5) is 4.39 Å². The highest BCUT2D eigenvalue weighted by atomic mass is 32.2. The fourth-order valence-corrected chi connectivity index (χ4v) is 1.89. The molecule has 1 aromatic heterocycles. The van der Waals surface area contributed by atoms with Crippen LogP contribution in [0.15, 0.2) is 33.9 Å². The molecule has 2 aromatic rings. The Bertz CT molecular complexity index is 574. The van der Waals surface area contributed by atoms with E-state index >= 15 is 0 Å². The molecule has 0 saturated heterocycles. The molecule has 0 amide bonds. The Hall–Kier alpha value is -1.89. The van der Waals surface area contributed by atoms with Crippen LogP contribution in [0.3, 0.4) is 0 Å². The van der Waals surface area contributed by atoms with Crippen molar-refractivity contribution in [2.75, 3.05) is 12.4 Å². The molecule has 19 heavy (non-hydrogen) atoms. The largest absolute Gasteiger partial charge is 0.465 e. The van der Waals surface area contributed by atoms with Crippen molar-refractivity contribution in [3.63, 3.8) is 0 Å². The number of hydrogen-bond acceptors (Lipinski definition) is 6. The van der Waals surface area contributed by atoms with Crippen molar-refractivity contribution in [1.29, 1.82) is 0 Å². The van der Waals surface area contributed by atoms with Gasteiger partial charge >= 0.3 is 5.97 Å². The smallest absolute Gasteiger partial charge is 0.316 e. The molecule has 0 aliphatic rings. The van der Waals surface area contributed by atoms with E-state index in [9.17, 15) is 9.18 Å². The number of thioether (sulfide) groups is 1. The summed E-state index contributed by atoms with van der Waals surface area (Å²) >= 11 is 1.08. The van der Waals surface area contributed by atoms with Crippen molar-refractivity contribution >= 4 is 17.7 Å². The molecule has 0 aliphatic carbocycles. The van der Waals surface area contributed by atoms with Gasteiger partial charge in [0.15, 0.2) is 0 Å². The lowest BCUT2D eigenvalue weighted by Gasteiger charge is -1.98. The number of esters is 1. The maximum atomic E-state index is 13.0. The van der Waals surface area contributed by atoms with Crippen molar-refractivity contribution in [2.24, 2.45) is 0 Å². The number of benzene rings is 1. The Kier molecular flexibility index (Phi) is 4.51. The molecular formula is C12H11FN2O3S. The first-order valence-corrected chi connectivity index (χ1v) is 6.55. The van der Waals surface area contributed by atoms with Gasteiger partial charge in [-0.25, -0.2) is 4.39 Å². The van der Waals surface area contributed by atoms with Crippen LogP contribution in [0.25, 0.3) is 11.5 Å². The molecule has 0 N–H and O–H groups in total. The fraction of sp³-hybridized carbons (Fsp3) is 0.250. The van der Waals surface area contributed by atoms with Crippen LogP contribution in [0.1, 0.15) is 6.92 Å². The van der Waals surface area contributed by atoms with Crippen molar-refractivity contribution in [1.82, 2.24) is 10.2 Å². The molecular weight excluding hydrogens is 271 g/mol. The molecule has 0 saturated carbocycles. The van der Waals surface area contributed by atoms with Gasteiger partial charge in [-0.3, -0.25) is 4.79 Å². The molecule has 2 rings (SSSR count). The summed E-state index contributed by atoms with van der Waals surface area (Å²) in [7, 11) is 0. The first-order chi connectivity index (χ1) is 9.19. The number of carbonyl (C=O) groups excluding carboxylic acids is 1. The zero-order valence-electron chi connectivity index (χ0n) is 10.1. The molecule has 7 heteroatoms. The quantitative estimate of drug-likeness (QED) is 0.620. The van der Waals surface area contributed by atoms with Crippen LogP contribution in [0, 0.1) is 5.82 Å². The van der Waals surface area contributed by atoms with Crippen LogP contribution in [0.5, 0.6) is 0 Å². The predicted octanol–water partition coefficient (Wildman–Crippen LogP) is 2.53. The topological polar surface area (TPSA) is 65.2 Å².